The summed E-state index contributed by atoms with van der Waals surface area (Å²) in [4.78, 5) is 4.04. The van der Waals surface area contributed by atoms with E-state index in [0.29, 0.717) is 23.4 Å². The number of aliphatic hydroxyl groups excluding tert-OH is 1. The number of nitrogens with one attached hydrogen (secondary N) is 1. The van der Waals surface area contributed by atoms with Crippen molar-refractivity contribution in [1.29, 1.82) is 0 Å². The summed E-state index contributed by atoms with van der Waals surface area (Å²) in [6, 6.07) is 7.02. The molecule has 0 amide bonds. The molecule has 1 aromatic carbocycles. The van der Waals surface area contributed by atoms with Gasteiger partial charge in [-0.1, -0.05) is 12.1 Å². The lowest BCUT2D eigenvalue weighted by Crippen LogP contribution is -2.19. The highest BCUT2D eigenvalue weighted by Crippen LogP contribution is 2.25. The molecule has 0 bridgehead atoms. The molecule has 112 valence electrons. The van der Waals surface area contributed by atoms with Crippen LogP contribution in [0.4, 0.5) is 0 Å². The zero-order valence-electron chi connectivity index (χ0n) is 12.2. The van der Waals surface area contributed by atoms with Crippen LogP contribution in [-0.4, -0.2) is 20.3 Å². The van der Waals surface area contributed by atoms with Gasteiger partial charge in [-0.3, -0.25) is 4.98 Å². The third-order valence-electron chi connectivity index (χ3n) is 3.56. The van der Waals surface area contributed by atoms with E-state index < -0.39 is 0 Å². The van der Waals surface area contributed by atoms with E-state index in [2.05, 4.69) is 10.3 Å². The highest BCUT2D eigenvalue weighted by Gasteiger charge is 2.13. The summed E-state index contributed by atoms with van der Waals surface area (Å²) < 4.78 is 0. The zero-order chi connectivity index (χ0) is 15.4. The molecule has 1 unspecified atom stereocenters. The Morgan fingerprint density at radius 1 is 1.29 bits per heavy atom. The number of aromatic hydroxyl groups is 2. The monoisotopic (exact) mass is 288 g/mol. The van der Waals surface area contributed by atoms with E-state index in [1.165, 1.54) is 0 Å². The molecule has 2 rings (SSSR count). The minimum Gasteiger partial charge on any atom is -0.508 e. The van der Waals surface area contributed by atoms with Gasteiger partial charge in [-0.2, -0.15) is 0 Å². The molecule has 0 spiro atoms. The van der Waals surface area contributed by atoms with Crippen LogP contribution in [0.2, 0.25) is 0 Å². The molecule has 21 heavy (non-hydrogen) atoms. The number of aliphatic hydroxyl groups is 1. The van der Waals surface area contributed by atoms with Gasteiger partial charge in [0.25, 0.3) is 0 Å². The number of nitrogens with zero attached hydrogens (tertiary/aromatic N) is 1. The maximum Gasteiger partial charge on any atom is 0.141 e. The maximum absolute atomic E-state index is 10.1. The zero-order valence-corrected chi connectivity index (χ0v) is 12.2. The average molecular weight is 288 g/mol. The topological polar surface area (TPSA) is 85.6 Å². The van der Waals surface area contributed by atoms with E-state index >= 15 is 0 Å². The number of aromatic nitrogens is 1. The Bertz CT molecular complexity index is 629. The molecule has 2 aromatic rings. The van der Waals surface area contributed by atoms with Gasteiger partial charge in [-0.15, -0.1) is 0 Å². The molecule has 0 aliphatic heterocycles. The van der Waals surface area contributed by atoms with Crippen LogP contribution >= 0.6 is 0 Å². The van der Waals surface area contributed by atoms with Gasteiger partial charge in [0.2, 0.25) is 0 Å². The van der Waals surface area contributed by atoms with Gasteiger partial charge in [0, 0.05) is 29.9 Å². The van der Waals surface area contributed by atoms with Gasteiger partial charge in [0.15, 0.2) is 0 Å². The molecule has 1 heterocycles. The molecule has 1 atom stereocenters. The number of hydrogen-bond acceptors (Lipinski definition) is 5. The van der Waals surface area contributed by atoms with Gasteiger partial charge < -0.3 is 20.6 Å². The van der Waals surface area contributed by atoms with Gasteiger partial charge in [-0.05, 0) is 31.5 Å². The summed E-state index contributed by atoms with van der Waals surface area (Å²) in [6.07, 6.45) is 1.57. The van der Waals surface area contributed by atoms with Gasteiger partial charge in [0.05, 0.1) is 12.3 Å². The molecule has 5 heteroatoms. The summed E-state index contributed by atoms with van der Waals surface area (Å²) in [5.74, 6) is 0.331. The molecule has 1 aromatic heterocycles. The molecule has 0 fully saturated rings. The summed E-state index contributed by atoms with van der Waals surface area (Å²) in [6.45, 7) is 3.93. The largest absolute Gasteiger partial charge is 0.508 e. The predicted molar refractivity (Wildman–Crippen MR) is 79.9 cm³/mol. The summed E-state index contributed by atoms with van der Waals surface area (Å²) in [5.41, 5.74) is 2.74. The van der Waals surface area contributed by atoms with E-state index in [-0.39, 0.29) is 24.1 Å². The Labute approximate surface area is 123 Å². The number of aryl methyl sites for hydroxylation is 1. The molecular formula is C16H20N2O3. The van der Waals surface area contributed by atoms with Crippen LogP contribution in [0.3, 0.4) is 0 Å². The number of rotatable bonds is 5. The second-order valence-corrected chi connectivity index (χ2v) is 5.05. The lowest BCUT2D eigenvalue weighted by molar-refractivity contribution is 0.278. The highest BCUT2D eigenvalue weighted by atomic mass is 16.3. The van der Waals surface area contributed by atoms with Gasteiger partial charge in [-0.25, -0.2) is 0 Å². The first-order valence-corrected chi connectivity index (χ1v) is 6.82. The number of benzene rings is 1. The summed E-state index contributed by atoms with van der Waals surface area (Å²) >= 11 is 0. The lowest BCUT2D eigenvalue weighted by Gasteiger charge is -2.17. The van der Waals surface area contributed by atoms with Crippen molar-refractivity contribution in [2.75, 3.05) is 0 Å². The van der Waals surface area contributed by atoms with Crippen LogP contribution in [0.25, 0.3) is 0 Å². The SMILES string of the molecule is Cc1ncc(CO)c(CNC(C)c2cccc(O)c2)c1O. The minimum atomic E-state index is -0.168. The fraction of sp³-hybridized carbons (Fsp3) is 0.312. The molecule has 0 aliphatic rings. The van der Waals surface area contributed by atoms with Crippen LogP contribution in [0.5, 0.6) is 11.5 Å². The fourth-order valence-corrected chi connectivity index (χ4v) is 2.18. The normalized spacial score (nSPS) is 12.3. The molecule has 4 N–H and O–H groups in total. The summed E-state index contributed by atoms with van der Waals surface area (Å²) in [5, 5.41) is 32.2. The Kier molecular flexibility index (Phi) is 4.77. The third kappa shape index (κ3) is 3.51. The molecule has 0 aliphatic carbocycles. The standard InChI is InChI=1S/C16H20N2O3/c1-10(12-4-3-5-14(20)6-12)18-8-15-13(9-19)7-17-11(2)16(15)21/h3-7,10,18-21H,8-9H2,1-2H3. The van der Waals surface area contributed by atoms with Crippen LogP contribution < -0.4 is 5.32 Å². The quantitative estimate of drug-likeness (QED) is 0.677. The van der Waals surface area contributed by atoms with Crippen LogP contribution in [-0.2, 0) is 13.2 Å². The Morgan fingerprint density at radius 3 is 2.71 bits per heavy atom. The fourth-order valence-electron chi connectivity index (χ4n) is 2.18. The van der Waals surface area contributed by atoms with Crippen molar-refractivity contribution in [3.63, 3.8) is 0 Å². The first kappa shape index (κ1) is 15.3. The second-order valence-electron chi connectivity index (χ2n) is 5.05. The lowest BCUT2D eigenvalue weighted by atomic mass is 10.1. The second kappa shape index (κ2) is 6.56. The van der Waals surface area contributed by atoms with Crippen LogP contribution in [0.15, 0.2) is 30.5 Å². The third-order valence-corrected chi connectivity index (χ3v) is 3.56. The Hall–Kier alpha value is -2.11. The highest BCUT2D eigenvalue weighted by molar-refractivity contribution is 5.40. The predicted octanol–water partition coefficient (Wildman–Crippen LogP) is 2.14. The molecule has 5 nitrogen and oxygen atoms in total. The van der Waals surface area contributed by atoms with E-state index in [4.69, 9.17) is 0 Å². The van der Waals surface area contributed by atoms with E-state index in [1.807, 2.05) is 13.0 Å². The Balaban J connectivity index is 2.14. The molecular weight excluding hydrogens is 268 g/mol. The molecule has 0 saturated carbocycles. The Morgan fingerprint density at radius 2 is 2.05 bits per heavy atom. The van der Waals surface area contributed by atoms with E-state index in [9.17, 15) is 15.3 Å². The molecule has 0 radical (unpaired) electrons. The van der Waals surface area contributed by atoms with E-state index in [0.717, 1.165) is 5.56 Å². The number of phenolic OH excluding ortho intramolecular Hbond substituents is 1. The van der Waals surface area contributed by atoms with Crippen molar-refractivity contribution in [2.45, 2.75) is 33.0 Å². The van der Waals surface area contributed by atoms with Crippen molar-refractivity contribution < 1.29 is 15.3 Å². The minimum absolute atomic E-state index is 0.00323. The first-order valence-electron chi connectivity index (χ1n) is 6.82. The van der Waals surface area contributed by atoms with Gasteiger partial charge >= 0.3 is 0 Å². The van der Waals surface area contributed by atoms with Crippen LogP contribution in [0, 0.1) is 6.92 Å². The number of pyridine rings is 1. The smallest absolute Gasteiger partial charge is 0.141 e. The summed E-state index contributed by atoms with van der Waals surface area (Å²) in [7, 11) is 0. The van der Waals surface area contributed by atoms with Crippen LogP contribution in [0.1, 0.15) is 35.3 Å². The number of hydrogen-bond donors (Lipinski definition) is 4. The maximum atomic E-state index is 10.1. The number of phenols is 1. The van der Waals surface area contributed by atoms with Crippen molar-refractivity contribution in [2.24, 2.45) is 0 Å². The first-order chi connectivity index (χ1) is 10.0. The van der Waals surface area contributed by atoms with Gasteiger partial charge in [0.1, 0.15) is 11.5 Å². The molecule has 0 saturated heterocycles. The van der Waals surface area contributed by atoms with Crippen molar-refractivity contribution >= 4 is 0 Å². The van der Waals surface area contributed by atoms with E-state index in [1.54, 1.807) is 31.3 Å². The van der Waals surface area contributed by atoms with Crippen molar-refractivity contribution in [3.8, 4) is 11.5 Å². The van der Waals surface area contributed by atoms with Crippen molar-refractivity contribution in [3.05, 3.63) is 52.8 Å². The van der Waals surface area contributed by atoms with Crippen molar-refractivity contribution in [1.82, 2.24) is 10.3 Å². The average Bonchev–Trinajstić information content (AvgIpc) is 2.48.